The minimum absolute atomic E-state index is 0.287. The van der Waals surface area contributed by atoms with E-state index in [9.17, 15) is 0 Å². The first-order chi connectivity index (χ1) is 7.66. The first-order valence-corrected chi connectivity index (χ1v) is 5.00. The average Bonchev–Trinajstić information content (AvgIpc) is 2.66. The van der Waals surface area contributed by atoms with Crippen molar-refractivity contribution in [3.05, 3.63) is 34.6 Å². The smallest absolute Gasteiger partial charge is 0.145 e. The van der Waals surface area contributed by atoms with Crippen LogP contribution in [0.1, 0.15) is 11.4 Å². The van der Waals surface area contributed by atoms with Crippen molar-refractivity contribution in [2.45, 2.75) is 13.5 Å². The number of rotatable bonds is 3. The van der Waals surface area contributed by atoms with Gasteiger partial charge in [-0.15, -0.1) is 0 Å². The predicted molar refractivity (Wildman–Crippen MR) is 59.2 cm³/mol. The number of benzene rings is 1. The Balaban J connectivity index is 2.05. The maximum absolute atomic E-state index is 5.85. The summed E-state index contributed by atoms with van der Waals surface area (Å²) in [5.74, 6) is 0.626. The molecule has 0 saturated heterocycles. The number of nitrogens with two attached hydrogens (primary N) is 1. The quantitative estimate of drug-likeness (QED) is 0.831. The molecule has 16 heavy (non-hydrogen) atoms. The number of anilines is 1. The van der Waals surface area contributed by atoms with Gasteiger partial charge in [0.1, 0.15) is 23.7 Å². The van der Waals surface area contributed by atoms with E-state index < -0.39 is 0 Å². The van der Waals surface area contributed by atoms with Crippen molar-refractivity contribution in [3.63, 3.8) is 0 Å². The van der Waals surface area contributed by atoms with Gasteiger partial charge in [-0.1, -0.05) is 21.9 Å². The van der Waals surface area contributed by atoms with Crippen LogP contribution in [0.2, 0.25) is 5.02 Å². The molecular formula is C10H10ClN3O2. The van der Waals surface area contributed by atoms with Crippen LogP contribution in [-0.4, -0.2) is 10.3 Å². The van der Waals surface area contributed by atoms with Gasteiger partial charge in [0.05, 0.1) is 10.7 Å². The van der Waals surface area contributed by atoms with Crippen LogP contribution in [0, 0.1) is 6.92 Å². The Morgan fingerprint density at radius 3 is 2.88 bits per heavy atom. The third-order valence-corrected chi connectivity index (χ3v) is 2.42. The van der Waals surface area contributed by atoms with Crippen molar-refractivity contribution < 1.29 is 9.37 Å². The normalized spacial score (nSPS) is 10.4. The van der Waals surface area contributed by atoms with Crippen molar-refractivity contribution in [3.8, 4) is 5.75 Å². The summed E-state index contributed by atoms with van der Waals surface area (Å²) < 4.78 is 10.0. The molecule has 0 aliphatic heterocycles. The molecule has 0 saturated carbocycles. The van der Waals surface area contributed by atoms with Crippen molar-refractivity contribution in [2.75, 3.05) is 5.73 Å². The molecule has 6 heteroatoms. The number of ether oxygens (including phenoxy) is 1. The zero-order valence-corrected chi connectivity index (χ0v) is 9.36. The number of nitrogen functional groups attached to an aromatic ring is 1. The van der Waals surface area contributed by atoms with Crippen molar-refractivity contribution in [1.29, 1.82) is 0 Å². The number of hydrogen-bond acceptors (Lipinski definition) is 5. The van der Waals surface area contributed by atoms with Gasteiger partial charge in [0.15, 0.2) is 0 Å². The number of aromatic nitrogens is 2. The van der Waals surface area contributed by atoms with E-state index in [0.29, 0.717) is 27.8 Å². The van der Waals surface area contributed by atoms with Crippen LogP contribution >= 0.6 is 11.6 Å². The van der Waals surface area contributed by atoms with Gasteiger partial charge in [0.25, 0.3) is 0 Å². The zero-order chi connectivity index (χ0) is 11.5. The van der Waals surface area contributed by atoms with E-state index in [1.54, 1.807) is 25.1 Å². The molecule has 0 bridgehead atoms. The fourth-order valence-corrected chi connectivity index (χ4v) is 1.30. The molecule has 1 heterocycles. The minimum atomic E-state index is 0.287. The standard InChI is InChI=1S/C10H10ClN3O2/c1-6-10(14-16-13-6)5-15-7-2-3-9(12)8(11)4-7/h2-4H,5,12H2,1H3. The average molecular weight is 240 g/mol. The van der Waals surface area contributed by atoms with Gasteiger partial charge in [-0.2, -0.15) is 0 Å². The van der Waals surface area contributed by atoms with Gasteiger partial charge in [-0.05, 0) is 19.1 Å². The largest absolute Gasteiger partial charge is 0.487 e. The van der Waals surface area contributed by atoms with E-state index >= 15 is 0 Å². The first kappa shape index (κ1) is 10.8. The van der Waals surface area contributed by atoms with E-state index in [2.05, 4.69) is 14.9 Å². The maximum atomic E-state index is 5.85. The van der Waals surface area contributed by atoms with Crippen LogP contribution in [0.5, 0.6) is 5.75 Å². The Morgan fingerprint density at radius 2 is 2.25 bits per heavy atom. The molecule has 0 aliphatic rings. The Morgan fingerprint density at radius 1 is 1.44 bits per heavy atom. The second-order valence-electron chi connectivity index (χ2n) is 3.27. The molecule has 1 aromatic heterocycles. The van der Waals surface area contributed by atoms with Gasteiger partial charge >= 0.3 is 0 Å². The van der Waals surface area contributed by atoms with Crippen LogP contribution in [0.4, 0.5) is 5.69 Å². The van der Waals surface area contributed by atoms with Crippen molar-refractivity contribution in [1.82, 2.24) is 10.3 Å². The maximum Gasteiger partial charge on any atom is 0.145 e. The molecule has 2 aromatic rings. The van der Waals surface area contributed by atoms with E-state index in [4.69, 9.17) is 22.1 Å². The lowest BCUT2D eigenvalue weighted by atomic mass is 10.3. The lowest BCUT2D eigenvalue weighted by molar-refractivity contribution is 0.270. The summed E-state index contributed by atoms with van der Waals surface area (Å²) >= 11 is 5.85. The lowest BCUT2D eigenvalue weighted by Gasteiger charge is -2.05. The van der Waals surface area contributed by atoms with E-state index in [1.165, 1.54) is 0 Å². The molecule has 0 amide bonds. The highest BCUT2D eigenvalue weighted by molar-refractivity contribution is 6.33. The molecule has 0 aliphatic carbocycles. The summed E-state index contributed by atoms with van der Waals surface area (Å²) in [4.78, 5) is 0. The molecular weight excluding hydrogens is 230 g/mol. The predicted octanol–water partition coefficient (Wildman–Crippen LogP) is 2.19. The van der Waals surface area contributed by atoms with Gasteiger partial charge in [0, 0.05) is 6.07 Å². The fourth-order valence-electron chi connectivity index (χ4n) is 1.13. The molecule has 2 N–H and O–H groups in total. The topological polar surface area (TPSA) is 74.2 Å². The second-order valence-corrected chi connectivity index (χ2v) is 3.68. The van der Waals surface area contributed by atoms with Crippen LogP contribution < -0.4 is 10.5 Å². The molecule has 0 unspecified atom stereocenters. The molecule has 0 atom stereocenters. The highest BCUT2D eigenvalue weighted by Gasteiger charge is 2.06. The Labute approximate surface area is 97.1 Å². The Hall–Kier alpha value is -1.75. The first-order valence-electron chi connectivity index (χ1n) is 4.62. The highest BCUT2D eigenvalue weighted by Crippen LogP contribution is 2.24. The van der Waals surface area contributed by atoms with Crippen LogP contribution in [0.3, 0.4) is 0 Å². The highest BCUT2D eigenvalue weighted by atomic mass is 35.5. The van der Waals surface area contributed by atoms with E-state index in [1.807, 2.05) is 0 Å². The number of nitrogens with zero attached hydrogens (tertiary/aromatic N) is 2. The summed E-state index contributed by atoms with van der Waals surface area (Å²) in [7, 11) is 0. The van der Waals surface area contributed by atoms with Gasteiger partial charge in [0.2, 0.25) is 0 Å². The number of aryl methyl sites for hydroxylation is 1. The van der Waals surface area contributed by atoms with Crippen LogP contribution in [-0.2, 0) is 6.61 Å². The Kier molecular flexibility index (Phi) is 2.96. The van der Waals surface area contributed by atoms with Gasteiger partial charge < -0.3 is 10.5 Å². The molecule has 0 fully saturated rings. The SMILES string of the molecule is Cc1nonc1COc1ccc(N)c(Cl)c1. The second kappa shape index (κ2) is 4.40. The zero-order valence-electron chi connectivity index (χ0n) is 8.61. The van der Waals surface area contributed by atoms with Gasteiger partial charge in [-0.25, -0.2) is 4.63 Å². The lowest BCUT2D eigenvalue weighted by Crippen LogP contribution is -1.98. The molecule has 0 radical (unpaired) electrons. The third-order valence-electron chi connectivity index (χ3n) is 2.09. The number of halogens is 1. The molecule has 1 aromatic carbocycles. The van der Waals surface area contributed by atoms with Crippen molar-refractivity contribution in [2.24, 2.45) is 0 Å². The fraction of sp³-hybridized carbons (Fsp3) is 0.200. The molecule has 2 rings (SSSR count). The summed E-state index contributed by atoms with van der Waals surface area (Å²) in [6.07, 6.45) is 0. The summed E-state index contributed by atoms with van der Waals surface area (Å²) in [5, 5.41) is 7.82. The van der Waals surface area contributed by atoms with Gasteiger partial charge in [-0.3, -0.25) is 0 Å². The van der Waals surface area contributed by atoms with Crippen LogP contribution in [0.15, 0.2) is 22.8 Å². The van der Waals surface area contributed by atoms with Crippen LogP contribution in [0.25, 0.3) is 0 Å². The number of hydrogen-bond donors (Lipinski definition) is 1. The minimum Gasteiger partial charge on any atom is -0.487 e. The van der Waals surface area contributed by atoms with E-state index in [0.717, 1.165) is 0 Å². The summed E-state index contributed by atoms with van der Waals surface area (Å²) in [5.41, 5.74) is 7.47. The van der Waals surface area contributed by atoms with Crippen molar-refractivity contribution >= 4 is 17.3 Å². The molecule has 5 nitrogen and oxygen atoms in total. The monoisotopic (exact) mass is 239 g/mol. The summed E-state index contributed by atoms with van der Waals surface area (Å²) in [6.45, 7) is 2.08. The Bertz CT molecular complexity index is 499. The summed E-state index contributed by atoms with van der Waals surface area (Å²) in [6, 6.07) is 5.08. The third kappa shape index (κ3) is 2.25. The molecule has 0 spiro atoms. The molecule has 84 valence electrons. The van der Waals surface area contributed by atoms with E-state index in [-0.39, 0.29) is 6.61 Å².